The number of nitrogens with zero attached hydrogens (tertiary/aromatic N) is 1. The van der Waals surface area contributed by atoms with Crippen molar-refractivity contribution in [1.29, 1.82) is 0 Å². The van der Waals surface area contributed by atoms with Gasteiger partial charge in [-0.1, -0.05) is 23.7 Å². The summed E-state index contributed by atoms with van der Waals surface area (Å²) < 4.78 is 0.594. The average Bonchev–Trinajstić information content (AvgIpc) is 2.93. The second kappa shape index (κ2) is 4.77. The van der Waals surface area contributed by atoms with Gasteiger partial charge < -0.3 is 0 Å². The molecule has 4 nitrogen and oxygen atoms in total. The third kappa shape index (κ3) is 2.06. The molecule has 0 spiro atoms. The largest absolute Gasteiger partial charge is 0.285 e. The van der Waals surface area contributed by atoms with E-state index >= 15 is 0 Å². The van der Waals surface area contributed by atoms with E-state index in [1.54, 1.807) is 30.3 Å². The molecule has 1 aliphatic heterocycles. The predicted octanol–water partition coefficient (Wildman–Crippen LogP) is 3.13. The molecule has 0 atom stereocenters. The highest BCUT2D eigenvalue weighted by atomic mass is 35.5. The van der Waals surface area contributed by atoms with Gasteiger partial charge in [-0.3, -0.25) is 14.4 Å². The van der Waals surface area contributed by atoms with E-state index in [0.717, 1.165) is 10.6 Å². The number of benzene rings is 1. The molecule has 19 heavy (non-hydrogen) atoms. The molecule has 0 saturated heterocycles. The summed E-state index contributed by atoms with van der Waals surface area (Å²) in [6, 6.07) is 8.44. The van der Waals surface area contributed by atoms with E-state index in [2.05, 4.69) is 0 Å². The first-order valence-corrected chi connectivity index (χ1v) is 6.77. The lowest BCUT2D eigenvalue weighted by Crippen LogP contribution is -2.29. The van der Waals surface area contributed by atoms with Crippen LogP contribution in [0.25, 0.3) is 0 Å². The summed E-state index contributed by atoms with van der Waals surface area (Å²) in [5.41, 5.74) is 1.48. The molecule has 3 rings (SSSR count). The quantitative estimate of drug-likeness (QED) is 0.817. The monoisotopic (exact) mass is 293 g/mol. The molecule has 6 heteroatoms. The zero-order valence-corrected chi connectivity index (χ0v) is 11.2. The summed E-state index contributed by atoms with van der Waals surface area (Å²) in [6.45, 7) is 0.0911. The number of thiophene rings is 1. The number of hydroxylamine groups is 2. The molecule has 96 valence electrons. The maximum atomic E-state index is 12.0. The van der Waals surface area contributed by atoms with Gasteiger partial charge in [0.2, 0.25) is 0 Å². The highest BCUT2D eigenvalue weighted by Gasteiger charge is 2.36. The fourth-order valence-electron chi connectivity index (χ4n) is 1.84. The Hall–Kier alpha value is -1.69. The molecule has 1 aliphatic rings. The molecule has 0 bridgehead atoms. The molecular formula is C13H8ClNO3S. The number of carbonyl (C=O) groups excluding carboxylic acids is 2. The molecule has 0 fully saturated rings. The van der Waals surface area contributed by atoms with Gasteiger partial charge in [-0.25, -0.2) is 0 Å². The Labute approximate surface area is 118 Å². The van der Waals surface area contributed by atoms with Crippen molar-refractivity contribution in [3.8, 4) is 0 Å². The van der Waals surface area contributed by atoms with Gasteiger partial charge in [0, 0.05) is 5.56 Å². The fraction of sp³-hybridized carbons (Fsp3) is 0.0769. The first kappa shape index (κ1) is 12.3. The summed E-state index contributed by atoms with van der Waals surface area (Å²) in [5, 5.41) is 2.61. The van der Waals surface area contributed by atoms with Crippen LogP contribution in [-0.2, 0) is 11.4 Å². The van der Waals surface area contributed by atoms with Gasteiger partial charge in [0.05, 0.1) is 15.5 Å². The maximum absolute atomic E-state index is 12.0. The average molecular weight is 294 g/mol. The summed E-state index contributed by atoms with van der Waals surface area (Å²) in [6.07, 6.45) is 0. The molecule has 1 aromatic carbocycles. The van der Waals surface area contributed by atoms with Gasteiger partial charge in [0.25, 0.3) is 11.8 Å². The normalized spacial score (nSPS) is 14.1. The van der Waals surface area contributed by atoms with Crippen LogP contribution in [0.4, 0.5) is 0 Å². The van der Waals surface area contributed by atoms with Crippen LogP contribution in [-0.4, -0.2) is 16.9 Å². The minimum absolute atomic E-state index is 0.0911. The van der Waals surface area contributed by atoms with Crippen molar-refractivity contribution in [3.05, 3.63) is 56.7 Å². The minimum Gasteiger partial charge on any atom is -0.266 e. The van der Waals surface area contributed by atoms with Crippen molar-refractivity contribution >= 4 is 34.8 Å². The van der Waals surface area contributed by atoms with Crippen molar-refractivity contribution in [2.45, 2.75) is 6.61 Å². The number of hydrogen-bond donors (Lipinski definition) is 0. The smallest absolute Gasteiger partial charge is 0.266 e. The number of rotatable bonds is 3. The van der Waals surface area contributed by atoms with E-state index in [0.29, 0.717) is 15.5 Å². The van der Waals surface area contributed by atoms with Crippen LogP contribution < -0.4 is 0 Å². The summed E-state index contributed by atoms with van der Waals surface area (Å²) in [7, 11) is 0. The lowest BCUT2D eigenvalue weighted by Gasteiger charge is -2.12. The van der Waals surface area contributed by atoms with Crippen molar-refractivity contribution in [3.63, 3.8) is 0 Å². The minimum atomic E-state index is -0.438. The highest BCUT2D eigenvalue weighted by Crippen LogP contribution is 2.26. The molecule has 0 N–H and O–H groups in total. The molecule has 0 saturated carbocycles. The molecule has 1 aromatic heterocycles. The van der Waals surface area contributed by atoms with Gasteiger partial charge in [-0.05, 0) is 23.6 Å². The molecule has 2 aromatic rings. The molecule has 0 unspecified atom stereocenters. The zero-order chi connectivity index (χ0) is 13.4. The van der Waals surface area contributed by atoms with Gasteiger partial charge in [-0.2, -0.15) is 0 Å². The Morgan fingerprint density at radius 3 is 2.26 bits per heavy atom. The van der Waals surface area contributed by atoms with Crippen LogP contribution in [0.3, 0.4) is 0 Å². The Kier molecular flexibility index (Phi) is 3.10. The Morgan fingerprint density at radius 1 is 1.11 bits per heavy atom. The first-order valence-electron chi connectivity index (χ1n) is 5.51. The molecule has 2 amide bonds. The fourth-order valence-corrected chi connectivity index (χ4v) is 2.74. The first-order chi connectivity index (χ1) is 9.18. The lowest BCUT2D eigenvalue weighted by atomic mass is 10.1. The van der Waals surface area contributed by atoms with E-state index in [4.69, 9.17) is 16.4 Å². The van der Waals surface area contributed by atoms with E-state index < -0.39 is 11.8 Å². The van der Waals surface area contributed by atoms with Crippen molar-refractivity contribution in [2.75, 3.05) is 0 Å². The Bertz CT molecular complexity index is 632. The number of hydrogen-bond acceptors (Lipinski definition) is 4. The zero-order valence-electron chi connectivity index (χ0n) is 9.63. The SMILES string of the molecule is O=C1c2ccccc2C(=O)N1OCc1ccsc1Cl. The van der Waals surface area contributed by atoms with Crippen molar-refractivity contribution < 1.29 is 14.4 Å². The van der Waals surface area contributed by atoms with Crippen LogP contribution in [0.2, 0.25) is 4.34 Å². The lowest BCUT2D eigenvalue weighted by molar-refractivity contribution is -0.100. The summed E-state index contributed by atoms with van der Waals surface area (Å²) >= 11 is 7.31. The Balaban J connectivity index is 1.79. The van der Waals surface area contributed by atoms with E-state index in [-0.39, 0.29) is 6.61 Å². The summed E-state index contributed by atoms with van der Waals surface area (Å²) in [5.74, 6) is -0.876. The van der Waals surface area contributed by atoms with Crippen LogP contribution in [0, 0.1) is 0 Å². The van der Waals surface area contributed by atoms with E-state index in [1.807, 2.05) is 5.38 Å². The van der Waals surface area contributed by atoms with Crippen molar-refractivity contribution in [2.24, 2.45) is 0 Å². The highest BCUT2D eigenvalue weighted by molar-refractivity contribution is 7.14. The van der Waals surface area contributed by atoms with E-state index in [1.165, 1.54) is 11.3 Å². The van der Waals surface area contributed by atoms with Gasteiger partial charge >= 0.3 is 0 Å². The van der Waals surface area contributed by atoms with Crippen molar-refractivity contribution in [1.82, 2.24) is 5.06 Å². The summed E-state index contributed by atoms with van der Waals surface area (Å²) in [4.78, 5) is 29.3. The topological polar surface area (TPSA) is 46.6 Å². The van der Waals surface area contributed by atoms with Gasteiger partial charge in [0.15, 0.2) is 0 Å². The molecule has 0 aliphatic carbocycles. The Morgan fingerprint density at radius 2 is 1.74 bits per heavy atom. The molecular weight excluding hydrogens is 286 g/mol. The second-order valence-corrected chi connectivity index (χ2v) is 5.46. The third-order valence-corrected chi connectivity index (χ3v) is 4.05. The van der Waals surface area contributed by atoms with Gasteiger partial charge in [0.1, 0.15) is 6.61 Å². The number of halogens is 1. The number of fused-ring (bicyclic) bond motifs is 1. The second-order valence-electron chi connectivity index (χ2n) is 3.94. The van der Waals surface area contributed by atoms with Crippen LogP contribution in [0.1, 0.15) is 26.3 Å². The predicted molar refractivity (Wildman–Crippen MR) is 71.1 cm³/mol. The third-order valence-electron chi connectivity index (χ3n) is 2.80. The van der Waals surface area contributed by atoms with Gasteiger partial charge in [-0.15, -0.1) is 16.4 Å². The molecule has 2 heterocycles. The number of imide groups is 1. The molecule has 0 radical (unpaired) electrons. The van der Waals surface area contributed by atoms with Crippen LogP contribution >= 0.6 is 22.9 Å². The number of amides is 2. The number of carbonyl (C=O) groups is 2. The van der Waals surface area contributed by atoms with Crippen LogP contribution in [0.15, 0.2) is 35.7 Å². The standard InChI is InChI=1S/C13H8ClNO3S/c14-11-8(5-6-19-11)7-18-15-12(16)9-3-1-2-4-10(9)13(15)17/h1-6H,7H2. The van der Waals surface area contributed by atoms with E-state index in [9.17, 15) is 9.59 Å². The van der Waals surface area contributed by atoms with Crippen LogP contribution in [0.5, 0.6) is 0 Å². The maximum Gasteiger partial charge on any atom is 0.285 e.